The number of aromatic amines is 1. The van der Waals surface area contributed by atoms with Gasteiger partial charge >= 0.3 is 0 Å². The maximum Gasteiger partial charge on any atom is 0.249 e. The smallest absolute Gasteiger partial charge is 0.249 e. The molecule has 3 N–H and O–H groups in total. The molecule has 3 heterocycles. The number of H-pyrrole nitrogens is 1. The molecular weight excluding hydrogens is 383 g/mol. The molecule has 2 amide bonds. The Labute approximate surface area is 173 Å². The van der Waals surface area contributed by atoms with Crippen molar-refractivity contribution >= 4 is 39.3 Å². The molecule has 2 aromatic carbocycles. The van der Waals surface area contributed by atoms with Gasteiger partial charge in [0.1, 0.15) is 5.82 Å². The SMILES string of the molecule is C=CC(=O)N1CCCC2CN(c3c(F)ccc4[nH]c5cccc(C(N)=O)c5c34)CC21. The summed E-state index contributed by atoms with van der Waals surface area (Å²) in [7, 11) is 0. The molecule has 2 unspecified atom stereocenters. The van der Waals surface area contributed by atoms with E-state index in [1.807, 2.05) is 15.9 Å². The number of nitrogens with one attached hydrogen (secondary N) is 1. The summed E-state index contributed by atoms with van der Waals surface area (Å²) in [5, 5.41) is 1.31. The lowest BCUT2D eigenvalue weighted by Crippen LogP contribution is -2.47. The highest BCUT2D eigenvalue weighted by atomic mass is 19.1. The molecule has 2 atom stereocenters. The lowest BCUT2D eigenvalue weighted by atomic mass is 9.92. The largest absolute Gasteiger partial charge is 0.366 e. The Kier molecular flexibility index (Phi) is 4.27. The molecular formula is C23H23FN4O2. The minimum Gasteiger partial charge on any atom is -0.366 e. The molecule has 2 fully saturated rings. The number of halogens is 1. The number of aromatic nitrogens is 1. The summed E-state index contributed by atoms with van der Waals surface area (Å²) >= 11 is 0. The lowest BCUT2D eigenvalue weighted by Gasteiger charge is -2.36. The highest BCUT2D eigenvalue weighted by Crippen LogP contribution is 2.41. The first kappa shape index (κ1) is 18.7. The van der Waals surface area contributed by atoms with E-state index in [1.54, 1.807) is 18.2 Å². The van der Waals surface area contributed by atoms with Gasteiger partial charge in [0.15, 0.2) is 0 Å². The number of benzene rings is 2. The molecule has 0 radical (unpaired) electrons. The molecule has 30 heavy (non-hydrogen) atoms. The van der Waals surface area contributed by atoms with Gasteiger partial charge in [0.25, 0.3) is 0 Å². The van der Waals surface area contributed by atoms with Gasteiger partial charge in [0, 0.05) is 47.0 Å². The summed E-state index contributed by atoms with van der Waals surface area (Å²) in [5.41, 5.74) is 7.95. The number of likely N-dealkylation sites (tertiary alicyclic amines) is 1. The van der Waals surface area contributed by atoms with Gasteiger partial charge in [-0.1, -0.05) is 12.6 Å². The standard InChI is InChI=1S/C23H23FN4O2/c1-2-19(29)28-10-4-5-13-11-27(12-18(13)28)22-15(24)8-9-17-21(22)20-14(23(25)30)6-3-7-16(20)26-17/h2-3,6-9,13,18,26H,1,4-5,10-12H2,(H2,25,30). The van der Waals surface area contributed by atoms with Crippen LogP contribution >= 0.6 is 0 Å². The van der Waals surface area contributed by atoms with Crippen LogP contribution in [-0.4, -0.2) is 47.4 Å². The molecule has 2 saturated heterocycles. The Morgan fingerprint density at radius 1 is 1.17 bits per heavy atom. The first-order valence-electron chi connectivity index (χ1n) is 10.2. The van der Waals surface area contributed by atoms with Crippen LogP contribution in [0.25, 0.3) is 21.8 Å². The van der Waals surface area contributed by atoms with Gasteiger partial charge < -0.3 is 20.5 Å². The van der Waals surface area contributed by atoms with Crippen molar-refractivity contribution in [2.75, 3.05) is 24.5 Å². The maximum atomic E-state index is 15.2. The number of nitrogens with two attached hydrogens (primary N) is 1. The minimum absolute atomic E-state index is 0.0275. The van der Waals surface area contributed by atoms with Crippen molar-refractivity contribution in [3.05, 3.63) is 54.4 Å². The molecule has 154 valence electrons. The monoisotopic (exact) mass is 406 g/mol. The van der Waals surface area contributed by atoms with E-state index in [-0.39, 0.29) is 23.7 Å². The first-order valence-corrected chi connectivity index (χ1v) is 10.2. The second-order valence-corrected chi connectivity index (χ2v) is 8.15. The highest BCUT2D eigenvalue weighted by Gasteiger charge is 2.41. The lowest BCUT2D eigenvalue weighted by molar-refractivity contribution is -0.130. The van der Waals surface area contributed by atoms with E-state index in [1.165, 1.54) is 12.1 Å². The number of piperidine rings is 1. The van der Waals surface area contributed by atoms with Gasteiger partial charge in [-0.3, -0.25) is 9.59 Å². The fourth-order valence-corrected chi connectivity index (χ4v) is 5.26. The molecule has 7 heteroatoms. The van der Waals surface area contributed by atoms with Crippen LogP contribution in [0.5, 0.6) is 0 Å². The number of hydrogen-bond acceptors (Lipinski definition) is 3. The summed E-state index contributed by atoms with van der Waals surface area (Å²) in [6.45, 7) is 5.53. The summed E-state index contributed by atoms with van der Waals surface area (Å²) in [6, 6.07) is 8.45. The van der Waals surface area contributed by atoms with Gasteiger partial charge in [-0.15, -0.1) is 0 Å². The van der Waals surface area contributed by atoms with Gasteiger partial charge in [-0.05, 0) is 49.1 Å². The average molecular weight is 406 g/mol. The van der Waals surface area contributed by atoms with Crippen molar-refractivity contribution < 1.29 is 14.0 Å². The van der Waals surface area contributed by atoms with Crippen molar-refractivity contribution in [3.63, 3.8) is 0 Å². The zero-order chi connectivity index (χ0) is 21.0. The molecule has 2 aliphatic heterocycles. The zero-order valence-electron chi connectivity index (χ0n) is 16.5. The van der Waals surface area contributed by atoms with E-state index in [4.69, 9.17) is 5.73 Å². The Balaban J connectivity index is 1.67. The maximum absolute atomic E-state index is 15.2. The third-order valence-corrected chi connectivity index (χ3v) is 6.53. The van der Waals surface area contributed by atoms with Crippen LogP contribution in [-0.2, 0) is 4.79 Å². The van der Waals surface area contributed by atoms with E-state index < -0.39 is 5.91 Å². The van der Waals surface area contributed by atoms with Gasteiger partial charge in [-0.25, -0.2) is 4.39 Å². The van der Waals surface area contributed by atoms with E-state index >= 15 is 4.39 Å². The van der Waals surface area contributed by atoms with E-state index in [0.717, 1.165) is 23.9 Å². The van der Waals surface area contributed by atoms with Gasteiger partial charge in [-0.2, -0.15) is 0 Å². The predicted molar refractivity (Wildman–Crippen MR) is 115 cm³/mol. The van der Waals surface area contributed by atoms with Crippen molar-refractivity contribution in [2.45, 2.75) is 18.9 Å². The summed E-state index contributed by atoms with van der Waals surface area (Å²) in [5.74, 6) is -0.691. The van der Waals surface area contributed by atoms with Crippen molar-refractivity contribution in [3.8, 4) is 0 Å². The van der Waals surface area contributed by atoms with Crippen molar-refractivity contribution in [2.24, 2.45) is 11.7 Å². The molecule has 0 bridgehead atoms. The normalized spacial score (nSPS) is 21.2. The zero-order valence-corrected chi connectivity index (χ0v) is 16.5. The first-order chi connectivity index (χ1) is 14.5. The number of rotatable bonds is 3. The summed E-state index contributed by atoms with van der Waals surface area (Å²) in [4.78, 5) is 31.6. The molecule has 2 aliphatic rings. The third-order valence-electron chi connectivity index (χ3n) is 6.53. The van der Waals surface area contributed by atoms with Crippen LogP contribution in [0.3, 0.4) is 0 Å². The quantitative estimate of drug-likeness (QED) is 0.656. The van der Waals surface area contributed by atoms with Crippen LogP contribution < -0.4 is 10.6 Å². The Morgan fingerprint density at radius 2 is 1.97 bits per heavy atom. The molecule has 0 saturated carbocycles. The fourth-order valence-electron chi connectivity index (χ4n) is 5.26. The number of fused-ring (bicyclic) bond motifs is 4. The van der Waals surface area contributed by atoms with Gasteiger partial charge in [0.05, 0.1) is 11.7 Å². The van der Waals surface area contributed by atoms with Gasteiger partial charge in [0.2, 0.25) is 11.8 Å². The molecule has 6 nitrogen and oxygen atoms in total. The number of carbonyl (C=O) groups excluding carboxylic acids is 2. The van der Waals surface area contributed by atoms with E-state index in [0.29, 0.717) is 41.7 Å². The highest BCUT2D eigenvalue weighted by molar-refractivity contribution is 6.21. The number of primary amides is 1. The second kappa shape index (κ2) is 6.86. The van der Waals surface area contributed by atoms with Crippen molar-refractivity contribution in [1.29, 1.82) is 0 Å². The Hall–Kier alpha value is -3.35. The molecule has 3 aromatic rings. The Bertz CT molecular complexity index is 1200. The summed E-state index contributed by atoms with van der Waals surface area (Å²) in [6.07, 6.45) is 3.28. The number of carbonyl (C=O) groups is 2. The third kappa shape index (κ3) is 2.69. The van der Waals surface area contributed by atoms with Crippen molar-refractivity contribution in [1.82, 2.24) is 9.88 Å². The topological polar surface area (TPSA) is 82.4 Å². The Morgan fingerprint density at radius 3 is 2.73 bits per heavy atom. The molecule has 5 rings (SSSR count). The summed E-state index contributed by atoms with van der Waals surface area (Å²) < 4.78 is 15.2. The minimum atomic E-state index is -0.547. The molecule has 1 aromatic heterocycles. The van der Waals surface area contributed by atoms with Crippen LogP contribution in [0.4, 0.5) is 10.1 Å². The number of nitrogens with zero attached hydrogens (tertiary/aromatic N) is 2. The van der Waals surface area contributed by atoms with Crippen LogP contribution in [0.2, 0.25) is 0 Å². The second-order valence-electron chi connectivity index (χ2n) is 8.15. The molecule has 0 aliphatic carbocycles. The number of amides is 2. The van der Waals surface area contributed by atoms with Crippen LogP contribution in [0, 0.1) is 11.7 Å². The number of anilines is 1. The number of hydrogen-bond donors (Lipinski definition) is 2. The van der Waals surface area contributed by atoms with Crippen LogP contribution in [0.1, 0.15) is 23.2 Å². The van der Waals surface area contributed by atoms with E-state index in [2.05, 4.69) is 11.6 Å². The fraction of sp³-hybridized carbons (Fsp3) is 0.304. The average Bonchev–Trinajstić information content (AvgIpc) is 3.34. The predicted octanol–water partition coefficient (Wildman–Crippen LogP) is 3.17. The van der Waals surface area contributed by atoms with Crippen LogP contribution in [0.15, 0.2) is 43.0 Å². The molecule has 0 spiro atoms. The van der Waals surface area contributed by atoms with E-state index in [9.17, 15) is 9.59 Å².